The zero-order chi connectivity index (χ0) is 16.2. The van der Waals surface area contributed by atoms with Gasteiger partial charge in [0.1, 0.15) is 5.82 Å². The molecule has 1 aromatic carbocycles. The van der Waals surface area contributed by atoms with E-state index in [0.29, 0.717) is 12.1 Å². The third kappa shape index (κ3) is 4.70. The smallest absolute Gasteiger partial charge is 0.383 e. The normalized spacial score (nSPS) is 13.3. The van der Waals surface area contributed by atoms with Crippen molar-refractivity contribution in [3.8, 4) is 0 Å². The van der Waals surface area contributed by atoms with Crippen LogP contribution in [0, 0.1) is 11.7 Å². The first-order chi connectivity index (χ1) is 9.66. The van der Waals surface area contributed by atoms with Crippen molar-refractivity contribution in [2.24, 2.45) is 5.92 Å². The number of halogens is 4. The molecule has 3 nitrogen and oxygen atoms in total. The lowest BCUT2D eigenvalue weighted by molar-refractivity contribution is -0.140. The number of carbonyl (C=O) groups is 1. The van der Waals surface area contributed by atoms with Crippen LogP contribution in [0.25, 0.3) is 0 Å². The summed E-state index contributed by atoms with van der Waals surface area (Å²) in [5.41, 5.74) is -1.70. The summed E-state index contributed by atoms with van der Waals surface area (Å²) in [6.07, 6.45) is -4.84. The molecule has 0 aliphatic heterocycles. The summed E-state index contributed by atoms with van der Waals surface area (Å²) in [4.78, 5) is 12.0. The SMILES string of the molecule is COCC(NC(=O)c1ccc(F)c(C(F)(F)F)c1)C(C)C. The Bertz CT molecular complexity index is 500. The maximum atomic E-state index is 13.2. The summed E-state index contributed by atoms with van der Waals surface area (Å²) in [5, 5.41) is 2.58. The van der Waals surface area contributed by atoms with E-state index in [1.54, 1.807) is 0 Å². The van der Waals surface area contributed by atoms with Crippen molar-refractivity contribution in [3.05, 3.63) is 35.1 Å². The first-order valence-electron chi connectivity index (χ1n) is 6.33. The van der Waals surface area contributed by atoms with Gasteiger partial charge in [-0.1, -0.05) is 13.8 Å². The number of carbonyl (C=O) groups excluding carboxylic acids is 1. The fraction of sp³-hybridized carbons (Fsp3) is 0.500. The van der Waals surface area contributed by atoms with Gasteiger partial charge in [-0.05, 0) is 24.1 Å². The zero-order valence-electron chi connectivity index (χ0n) is 11.9. The maximum Gasteiger partial charge on any atom is 0.419 e. The molecular weight excluding hydrogens is 290 g/mol. The van der Waals surface area contributed by atoms with Crippen molar-refractivity contribution in [2.45, 2.75) is 26.1 Å². The molecule has 0 aromatic heterocycles. The number of amides is 1. The van der Waals surface area contributed by atoms with Gasteiger partial charge in [-0.15, -0.1) is 0 Å². The van der Waals surface area contributed by atoms with Gasteiger partial charge in [0.25, 0.3) is 5.91 Å². The van der Waals surface area contributed by atoms with Gasteiger partial charge in [0.05, 0.1) is 18.2 Å². The topological polar surface area (TPSA) is 38.3 Å². The number of hydrogen-bond acceptors (Lipinski definition) is 2. The van der Waals surface area contributed by atoms with Crippen molar-refractivity contribution in [3.63, 3.8) is 0 Å². The molecule has 0 saturated carbocycles. The van der Waals surface area contributed by atoms with Crippen LogP contribution in [0.5, 0.6) is 0 Å². The Morgan fingerprint density at radius 2 is 1.95 bits per heavy atom. The standard InChI is InChI=1S/C14H17F4NO2/c1-8(2)12(7-21-3)19-13(20)9-4-5-11(15)10(6-9)14(16,17)18/h4-6,8,12H,7H2,1-3H3,(H,19,20). The first-order valence-corrected chi connectivity index (χ1v) is 6.33. The van der Waals surface area contributed by atoms with E-state index >= 15 is 0 Å². The van der Waals surface area contributed by atoms with Crippen LogP contribution in [-0.2, 0) is 10.9 Å². The van der Waals surface area contributed by atoms with Crippen LogP contribution in [0.15, 0.2) is 18.2 Å². The molecule has 0 aliphatic carbocycles. The third-order valence-corrected chi connectivity index (χ3v) is 3.00. The van der Waals surface area contributed by atoms with Gasteiger partial charge < -0.3 is 10.1 Å². The summed E-state index contributed by atoms with van der Waals surface area (Å²) < 4.78 is 55.9. The van der Waals surface area contributed by atoms with Gasteiger partial charge in [-0.2, -0.15) is 13.2 Å². The maximum absolute atomic E-state index is 13.2. The highest BCUT2D eigenvalue weighted by Gasteiger charge is 2.34. The van der Waals surface area contributed by atoms with Crippen molar-refractivity contribution in [1.29, 1.82) is 0 Å². The minimum absolute atomic E-state index is 0.0384. The van der Waals surface area contributed by atoms with Crippen LogP contribution in [0.1, 0.15) is 29.8 Å². The predicted octanol–water partition coefficient (Wildman–Crippen LogP) is 3.25. The lowest BCUT2D eigenvalue weighted by Gasteiger charge is -2.21. The number of hydrogen-bond donors (Lipinski definition) is 1. The Morgan fingerprint density at radius 1 is 1.33 bits per heavy atom. The van der Waals surface area contributed by atoms with E-state index in [-0.39, 0.29) is 24.1 Å². The fourth-order valence-electron chi connectivity index (χ4n) is 1.72. The van der Waals surface area contributed by atoms with E-state index in [2.05, 4.69) is 5.32 Å². The van der Waals surface area contributed by atoms with Crippen LogP contribution in [0.2, 0.25) is 0 Å². The number of alkyl halides is 3. The number of nitrogens with one attached hydrogen (secondary N) is 1. The van der Waals surface area contributed by atoms with Gasteiger partial charge in [-0.3, -0.25) is 4.79 Å². The molecule has 0 fully saturated rings. The molecule has 0 bridgehead atoms. The Morgan fingerprint density at radius 3 is 2.43 bits per heavy atom. The van der Waals surface area contributed by atoms with Crippen molar-refractivity contribution < 1.29 is 27.1 Å². The number of benzene rings is 1. The Balaban J connectivity index is 2.98. The van der Waals surface area contributed by atoms with E-state index in [1.807, 2.05) is 13.8 Å². The quantitative estimate of drug-likeness (QED) is 0.848. The van der Waals surface area contributed by atoms with Crippen molar-refractivity contribution >= 4 is 5.91 Å². The number of rotatable bonds is 5. The van der Waals surface area contributed by atoms with Gasteiger partial charge in [0, 0.05) is 12.7 Å². The van der Waals surface area contributed by atoms with Crippen LogP contribution >= 0.6 is 0 Å². The average Bonchev–Trinajstić information content (AvgIpc) is 2.37. The highest BCUT2D eigenvalue weighted by atomic mass is 19.4. The minimum Gasteiger partial charge on any atom is -0.383 e. The number of methoxy groups -OCH3 is 1. The molecular formula is C14H17F4NO2. The monoisotopic (exact) mass is 307 g/mol. The van der Waals surface area contributed by atoms with Crippen molar-refractivity contribution in [2.75, 3.05) is 13.7 Å². The highest BCUT2D eigenvalue weighted by molar-refractivity contribution is 5.94. The van der Waals surface area contributed by atoms with Crippen LogP contribution in [0.4, 0.5) is 17.6 Å². The van der Waals surface area contributed by atoms with Gasteiger partial charge in [0.15, 0.2) is 0 Å². The van der Waals surface area contributed by atoms with E-state index < -0.39 is 23.5 Å². The van der Waals surface area contributed by atoms with Gasteiger partial charge in [-0.25, -0.2) is 4.39 Å². The van der Waals surface area contributed by atoms with Gasteiger partial charge in [0.2, 0.25) is 0 Å². The molecule has 1 aromatic rings. The Labute approximate surface area is 120 Å². The molecule has 0 heterocycles. The largest absolute Gasteiger partial charge is 0.419 e. The zero-order valence-corrected chi connectivity index (χ0v) is 11.9. The Hall–Kier alpha value is -1.63. The van der Waals surface area contributed by atoms with Gasteiger partial charge >= 0.3 is 6.18 Å². The van der Waals surface area contributed by atoms with E-state index in [4.69, 9.17) is 4.74 Å². The second-order valence-corrected chi connectivity index (χ2v) is 4.97. The highest BCUT2D eigenvalue weighted by Crippen LogP contribution is 2.31. The molecule has 0 radical (unpaired) electrons. The van der Waals surface area contributed by atoms with E-state index in [0.717, 1.165) is 6.07 Å². The summed E-state index contributed by atoms with van der Waals surface area (Å²) in [6.45, 7) is 3.92. The van der Waals surface area contributed by atoms with Crippen molar-refractivity contribution in [1.82, 2.24) is 5.32 Å². The summed E-state index contributed by atoms with van der Waals surface area (Å²) in [5.74, 6) is -2.07. The van der Waals surface area contributed by atoms with Crippen LogP contribution in [-0.4, -0.2) is 25.7 Å². The molecule has 0 spiro atoms. The van der Waals surface area contributed by atoms with Crippen LogP contribution < -0.4 is 5.32 Å². The summed E-state index contributed by atoms with van der Waals surface area (Å²) >= 11 is 0. The fourth-order valence-corrected chi connectivity index (χ4v) is 1.72. The van der Waals surface area contributed by atoms with E-state index in [9.17, 15) is 22.4 Å². The van der Waals surface area contributed by atoms with E-state index in [1.165, 1.54) is 7.11 Å². The molecule has 0 saturated heterocycles. The molecule has 1 unspecified atom stereocenters. The molecule has 118 valence electrons. The number of ether oxygens (including phenoxy) is 1. The summed E-state index contributed by atoms with van der Waals surface area (Å²) in [7, 11) is 1.46. The molecule has 7 heteroatoms. The molecule has 1 N–H and O–H groups in total. The third-order valence-electron chi connectivity index (χ3n) is 3.00. The molecule has 21 heavy (non-hydrogen) atoms. The molecule has 0 aliphatic rings. The predicted molar refractivity (Wildman–Crippen MR) is 69.4 cm³/mol. The second kappa shape index (κ2) is 6.89. The summed E-state index contributed by atoms with van der Waals surface area (Å²) in [6, 6.07) is 1.82. The molecule has 1 atom stereocenters. The lowest BCUT2D eigenvalue weighted by atomic mass is 10.0. The molecule has 1 amide bonds. The lowest BCUT2D eigenvalue weighted by Crippen LogP contribution is -2.41. The Kier molecular flexibility index (Phi) is 5.71. The first kappa shape index (κ1) is 17.4. The minimum atomic E-state index is -4.84. The van der Waals surface area contributed by atoms with Crippen LogP contribution in [0.3, 0.4) is 0 Å². The molecule has 1 rings (SSSR count). The second-order valence-electron chi connectivity index (χ2n) is 4.97. The average molecular weight is 307 g/mol.